The van der Waals surface area contributed by atoms with Gasteiger partial charge in [-0.05, 0) is 30.7 Å². The Morgan fingerprint density at radius 1 is 1.33 bits per heavy atom. The van der Waals surface area contributed by atoms with Crippen molar-refractivity contribution in [2.24, 2.45) is 0 Å². The molecule has 0 spiro atoms. The summed E-state index contributed by atoms with van der Waals surface area (Å²) in [6, 6.07) is 6.06. The molecule has 0 amide bonds. The number of fused-ring (bicyclic) bond motifs is 1. The summed E-state index contributed by atoms with van der Waals surface area (Å²) < 4.78 is 1.89. The zero-order valence-corrected chi connectivity index (χ0v) is 13.6. The molecule has 0 radical (unpaired) electrons. The van der Waals surface area contributed by atoms with Crippen molar-refractivity contribution in [3.63, 3.8) is 0 Å². The third-order valence-corrected chi connectivity index (χ3v) is 3.39. The van der Waals surface area contributed by atoms with Gasteiger partial charge in [-0.2, -0.15) is 20.2 Å². The third kappa shape index (κ3) is 2.87. The number of aromatic nitrogens is 5. The predicted octanol–water partition coefficient (Wildman–Crippen LogP) is 1.54. The van der Waals surface area contributed by atoms with Gasteiger partial charge >= 0.3 is 0 Å². The van der Waals surface area contributed by atoms with Crippen molar-refractivity contribution in [2.45, 2.75) is 6.92 Å². The van der Waals surface area contributed by atoms with Gasteiger partial charge in [-0.15, -0.1) is 0 Å². The van der Waals surface area contributed by atoms with Gasteiger partial charge in [0.15, 0.2) is 5.82 Å². The van der Waals surface area contributed by atoms with Gasteiger partial charge in [0.2, 0.25) is 11.9 Å². The van der Waals surface area contributed by atoms with Crippen LogP contribution in [0.4, 0.5) is 11.9 Å². The highest BCUT2D eigenvalue weighted by molar-refractivity contribution is 5.87. The number of nitrogen functional groups attached to an aromatic ring is 1. The van der Waals surface area contributed by atoms with Crippen molar-refractivity contribution in [3.8, 4) is 6.07 Å². The van der Waals surface area contributed by atoms with E-state index in [9.17, 15) is 5.26 Å². The summed E-state index contributed by atoms with van der Waals surface area (Å²) in [5.41, 5.74) is 8.69. The third-order valence-electron chi connectivity index (χ3n) is 3.39. The van der Waals surface area contributed by atoms with Crippen LogP contribution in [0.5, 0.6) is 0 Å². The van der Waals surface area contributed by atoms with Crippen molar-refractivity contribution >= 4 is 29.2 Å². The van der Waals surface area contributed by atoms with E-state index in [-0.39, 0.29) is 17.3 Å². The van der Waals surface area contributed by atoms with Gasteiger partial charge in [0.1, 0.15) is 11.7 Å². The van der Waals surface area contributed by atoms with E-state index in [1.54, 1.807) is 31.3 Å². The Morgan fingerprint density at radius 3 is 2.83 bits per heavy atom. The second kappa shape index (κ2) is 5.96. The van der Waals surface area contributed by atoms with E-state index in [4.69, 9.17) is 5.73 Å². The molecule has 120 valence electrons. The molecule has 0 bridgehead atoms. The number of allylic oxidation sites excluding steroid dienone is 1. The maximum Gasteiger partial charge on any atom is 0.230 e. The lowest BCUT2D eigenvalue weighted by Crippen LogP contribution is -2.15. The number of aryl methyl sites for hydroxylation is 1. The number of rotatable bonds is 3. The van der Waals surface area contributed by atoms with Gasteiger partial charge in [0, 0.05) is 20.3 Å². The van der Waals surface area contributed by atoms with Crippen LogP contribution in [0, 0.1) is 18.3 Å². The fourth-order valence-corrected chi connectivity index (χ4v) is 2.20. The second-order valence-electron chi connectivity index (χ2n) is 5.50. The number of anilines is 2. The minimum absolute atomic E-state index is 0.0682. The highest BCUT2D eigenvalue weighted by Crippen LogP contribution is 2.18. The standard InChI is InChI=1S/C16H16N8/c1-10-4-5-24-12(9-19-13(24)6-10)7-11(8-17)14-20-15(18)22-16(21-14)23(2)3/h4-7,9H,1-3H3,(H2,18,20,21,22)/b11-7+. The quantitative estimate of drug-likeness (QED) is 0.729. The number of nitrogens with two attached hydrogens (primary N) is 1. The van der Waals surface area contributed by atoms with E-state index in [1.165, 1.54) is 0 Å². The molecule has 0 saturated heterocycles. The van der Waals surface area contributed by atoms with E-state index < -0.39 is 0 Å². The van der Waals surface area contributed by atoms with Gasteiger partial charge in [0.25, 0.3) is 0 Å². The molecule has 3 heterocycles. The summed E-state index contributed by atoms with van der Waals surface area (Å²) in [5.74, 6) is 0.696. The van der Waals surface area contributed by atoms with Gasteiger partial charge in [0.05, 0.1) is 17.5 Å². The molecule has 0 unspecified atom stereocenters. The number of nitrogens with zero attached hydrogens (tertiary/aromatic N) is 7. The number of pyridine rings is 1. The molecule has 0 fully saturated rings. The second-order valence-corrected chi connectivity index (χ2v) is 5.50. The van der Waals surface area contributed by atoms with Crippen molar-refractivity contribution in [2.75, 3.05) is 24.7 Å². The van der Waals surface area contributed by atoms with Gasteiger partial charge in [-0.1, -0.05) is 0 Å². The molecule has 0 aliphatic carbocycles. The SMILES string of the molecule is Cc1ccn2c(/C=C(\C#N)c3nc(N)nc(N(C)C)n3)cnc2c1. The normalized spacial score (nSPS) is 11.5. The monoisotopic (exact) mass is 320 g/mol. The van der Waals surface area contributed by atoms with Crippen molar-refractivity contribution in [3.05, 3.63) is 41.6 Å². The minimum Gasteiger partial charge on any atom is -0.368 e. The molecule has 8 nitrogen and oxygen atoms in total. The first-order valence-corrected chi connectivity index (χ1v) is 7.22. The molecule has 0 saturated carbocycles. The molecular weight excluding hydrogens is 304 g/mol. The van der Waals surface area contributed by atoms with Crippen LogP contribution in [0.1, 0.15) is 17.1 Å². The summed E-state index contributed by atoms with van der Waals surface area (Å²) >= 11 is 0. The van der Waals surface area contributed by atoms with Crippen molar-refractivity contribution < 1.29 is 0 Å². The van der Waals surface area contributed by atoms with Crippen molar-refractivity contribution in [1.29, 1.82) is 5.26 Å². The molecule has 3 rings (SSSR count). The molecule has 0 atom stereocenters. The molecule has 0 aromatic carbocycles. The van der Waals surface area contributed by atoms with E-state index in [0.717, 1.165) is 16.9 Å². The van der Waals surface area contributed by atoms with Gasteiger partial charge in [-0.3, -0.25) is 0 Å². The van der Waals surface area contributed by atoms with Crippen molar-refractivity contribution in [1.82, 2.24) is 24.3 Å². The van der Waals surface area contributed by atoms with Crippen LogP contribution < -0.4 is 10.6 Å². The Kier molecular flexibility index (Phi) is 3.83. The maximum atomic E-state index is 9.51. The summed E-state index contributed by atoms with van der Waals surface area (Å²) in [4.78, 5) is 18.4. The van der Waals surface area contributed by atoms with Crippen LogP contribution in [-0.2, 0) is 0 Å². The minimum atomic E-state index is 0.0682. The first kappa shape index (κ1) is 15.4. The number of imidazole rings is 1. The highest BCUT2D eigenvalue weighted by Gasteiger charge is 2.12. The molecule has 0 aliphatic heterocycles. The van der Waals surface area contributed by atoms with Gasteiger partial charge < -0.3 is 15.0 Å². The maximum absolute atomic E-state index is 9.51. The molecule has 3 aromatic rings. The number of nitriles is 1. The fourth-order valence-electron chi connectivity index (χ4n) is 2.20. The lowest BCUT2D eigenvalue weighted by Gasteiger charge is -2.10. The van der Waals surface area contributed by atoms with E-state index in [1.807, 2.05) is 29.7 Å². The first-order valence-electron chi connectivity index (χ1n) is 7.22. The average Bonchev–Trinajstić information content (AvgIpc) is 2.93. The van der Waals surface area contributed by atoms with Gasteiger partial charge in [-0.25, -0.2) is 4.98 Å². The van der Waals surface area contributed by atoms with Crippen LogP contribution in [0.3, 0.4) is 0 Å². The summed E-state index contributed by atoms with van der Waals surface area (Å²) in [7, 11) is 3.59. The molecule has 2 N–H and O–H groups in total. The lowest BCUT2D eigenvalue weighted by atomic mass is 10.2. The molecule has 0 aliphatic rings. The van der Waals surface area contributed by atoms with E-state index in [2.05, 4.69) is 26.0 Å². The van der Waals surface area contributed by atoms with Crippen LogP contribution in [-0.4, -0.2) is 38.4 Å². The Balaban J connectivity index is 2.11. The van der Waals surface area contributed by atoms with Crippen LogP contribution in [0.2, 0.25) is 0 Å². The molecular formula is C16H16N8. The smallest absolute Gasteiger partial charge is 0.230 e. The van der Waals surface area contributed by atoms with Crippen LogP contribution >= 0.6 is 0 Å². The van der Waals surface area contributed by atoms with E-state index in [0.29, 0.717) is 5.95 Å². The largest absolute Gasteiger partial charge is 0.368 e. The Hall–Kier alpha value is -3.47. The Morgan fingerprint density at radius 2 is 2.12 bits per heavy atom. The van der Waals surface area contributed by atoms with Crippen LogP contribution in [0.15, 0.2) is 24.5 Å². The Labute approximate surface area is 138 Å². The fraction of sp³-hybridized carbons (Fsp3) is 0.188. The predicted molar refractivity (Wildman–Crippen MR) is 92.0 cm³/mol. The lowest BCUT2D eigenvalue weighted by molar-refractivity contribution is 0.952. The zero-order valence-electron chi connectivity index (χ0n) is 13.6. The summed E-state index contributed by atoms with van der Waals surface area (Å²) in [6.07, 6.45) is 5.29. The molecule has 8 heteroatoms. The highest BCUT2D eigenvalue weighted by atomic mass is 15.3. The molecule has 3 aromatic heterocycles. The Bertz CT molecular complexity index is 977. The van der Waals surface area contributed by atoms with Crippen LogP contribution in [0.25, 0.3) is 17.3 Å². The van der Waals surface area contributed by atoms with E-state index >= 15 is 0 Å². The topological polar surface area (TPSA) is 109 Å². The number of hydrogen-bond donors (Lipinski definition) is 1. The first-order chi connectivity index (χ1) is 11.5. The zero-order chi connectivity index (χ0) is 17.3. The summed E-state index contributed by atoms with van der Waals surface area (Å²) in [5, 5.41) is 9.51. The average molecular weight is 320 g/mol. The molecule has 24 heavy (non-hydrogen) atoms. The number of hydrogen-bond acceptors (Lipinski definition) is 7. The summed E-state index contributed by atoms with van der Waals surface area (Å²) in [6.45, 7) is 2.00.